The standard InChI is InChI=1S/C16H30N2O/c1-16(2,3)13-7-9-18(10-8-13)15(19)14-6-4-5-12(14)11-17/h12-14H,4-11,17H2,1-3H3. The predicted octanol–water partition coefficient (Wildman–Crippen LogP) is 2.65. The molecule has 1 saturated carbocycles. The van der Waals surface area contributed by atoms with Gasteiger partial charge in [0.1, 0.15) is 0 Å². The number of carbonyl (C=O) groups excluding carboxylic acids is 1. The Hall–Kier alpha value is -0.570. The lowest BCUT2D eigenvalue weighted by Gasteiger charge is -2.40. The molecule has 0 spiro atoms. The van der Waals surface area contributed by atoms with Crippen LogP contribution in [0.25, 0.3) is 0 Å². The largest absolute Gasteiger partial charge is 0.342 e. The summed E-state index contributed by atoms with van der Waals surface area (Å²) < 4.78 is 0. The zero-order chi connectivity index (χ0) is 14.0. The number of likely N-dealkylation sites (tertiary alicyclic amines) is 1. The Kier molecular flexibility index (Phi) is 4.54. The Morgan fingerprint density at radius 1 is 1.16 bits per heavy atom. The molecule has 3 heteroatoms. The Balaban J connectivity index is 1.89. The van der Waals surface area contributed by atoms with Crippen LogP contribution < -0.4 is 5.73 Å². The molecule has 0 aromatic rings. The van der Waals surface area contributed by atoms with Crippen LogP contribution in [-0.4, -0.2) is 30.4 Å². The molecule has 1 amide bonds. The second-order valence-corrected chi connectivity index (χ2v) is 7.50. The van der Waals surface area contributed by atoms with Crippen molar-refractivity contribution >= 4 is 5.91 Å². The van der Waals surface area contributed by atoms with Crippen LogP contribution in [0.15, 0.2) is 0 Å². The Bertz CT molecular complexity index is 313. The van der Waals surface area contributed by atoms with Gasteiger partial charge >= 0.3 is 0 Å². The number of piperidine rings is 1. The molecule has 1 aliphatic heterocycles. The molecule has 1 heterocycles. The van der Waals surface area contributed by atoms with Gasteiger partial charge in [0, 0.05) is 19.0 Å². The van der Waals surface area contributed by atoms with Gasteiger partial charge in [-0.3, -0.25) is 4.79 Å². The maximum Gasteiger partial charge on any atom is 0.226 e. The van der Waals surface area contributed by atoms with Crippen molar-refractivity contribution in [2.75, 3.05) is 19.6 Å². The Morgan fingerprint density at radius 3 is 2.32 bits per heavy atom. The van der Waals surface area contributed by atoms with E-state index >= 15 is 0 Å². The van der Waals surface area contributed by atoms with Gasteiger partial charge < -0.3 is 10.6 Å². The number of hydrogen-bond donors (Lipinski definition) is 1. The topological polar surface area (TPSA) is 46.3 Å². The molecule has 0 radical (unpaired) electrons. The normalized spacial score (nSPS) is 29.8. The van der Waals surface area contributed by atoms with Crippen LogP contribution in [0.2, 0.25) is 0 Å². The van der Waals surface area contributed by atoms with E-state index in [0.717, 1.165) is 44.7 Å². The van der Waals surface area contributed by atoms with E-state index < -0.39 is 0 Å². The molecule has 0 aromatic heterocycles. The van der Waals surface area contributed by atoms with Gasteiger partial charge in [-0.2, -0.15) is 0 Å². The molecule has 2 unspecified atom stereocenters. The average Bonchev–Trinajstić information content (AvgIpc) is 2.85. The number of rotatable bonds is 2. The number of amides is 1. The second kappa shape index (κ2) is 5.82. The van der Waals surface area contributed by atoms with Crippen LogP contribution in [0.5, 0.6) is 0 Å². The van der Waals surface area contributed by atoms with Crippen molar-refractivity contribution in [2.24, 2.45) is 28.9 Å². The van der Waals surface area contributed by atoms with Gasteiger partial charge in [0.05, 0.1) is 0 Å². The lowest BCUT2D eigenvalue weighted by molar-refractivity contribution is -0.138. The molecule has 2 N–H and O–H groups in total. The number of nitrogens with zero attached hydrogens (tertiary/aromatic N) is 1. The van der Waals surface area contributed by atoms with Crippen LogP contribution in [0.3, 0.4) is 0 Å². The summed E-state index contributed by atoms with van der Waals surface area (Å²) in [6.07, 6.45) is 5.70. The van der Waals surface area contributed by atoms with E-state index in [0.29, 0.717) is 23.8 Å². The van der Waals surface area contributed by atoms with Crippen molar-refractivity contribution in [3.8, 4) is 0 Å². The summed E-state index contributed by atoms with van der Waals surface area (Å²) in [6, 6.07) is 0. The minimum absolute atomic E-state index is 0.219. The molecule has 2 atom stereocenters. The molecule has 3 nitrogen and oxygen atoms in total. The van der Waals surface area contributed by atoms with Crippen molar-refractivity contribution < 1.29 is 4.79 Å². The van der Waals surface area contributed by atoms with Crippen molar-refractivity contribution in [1.29, 1.82) is 0 Å². The molecule has 1 saturated heterocycles. The highest BCUT2D eigenvalue weighted by Crippen LogP contribution is 2.37. The van der Waals surface area contributed by atoms with E-state index in [1.807, 2.05) is 0 Å². The van der Waals surface area contributed by atoms with Crippen molar-refractivity contribution in [3.63, 3.8) is 0 Å². The molecule has 0 bridgehead atoms. The first kappa shape index (κ1) is 14.8. The Labute approximate surface area is 117 Å². The highest BCUT2D eigenvalue weighted by atomic mass is 16.2. The summed E-state index contributed by atoms with van der Waals surface area (Å²) in [5.41, 5.74) is 6.18. The summed E-state index contributed by atoms with van der Waals surface area (Å²) in [5, 5.41) is 0. The van der Waals surface area contributed by atoms with Crippen LogP contribution in [0, 0.1) is 23.2 Å². The lowest BCUT2D eigenvalue weighted by Crippen LogP contribution is -2.45. The van der Waals surface area contributed by atoms with Crippen LogP contribution >= 0.6 is 0 Å². The summed E-state index contributed by atoms with van der Waals surface area (Å²) >= 11 is 0. The quantitative estimate of drug-likeness (QED) is 0.835. The second-order valence-electron chi connectivity index (χ2n) is 7.50. The minimum Gasteiger partial charge on any atom is -0.342 e. The van der Waals surface area contributed by atoms with Crippen molar-refractivity contribution in [2.45, 2.75) is 52.9 Å². The highest BCUT2D eigenvalue weighted by molar-refractivity contribution is 5.79. The fourth-order valence-electron chi connectivity index (χ4n) is 3.84. The summed E-state index contributed by atoms with van der Waals surface area (Å²) in [7, 11) is 0. The van der Waals surface area contributed by atoms with Gasteiger partial charge in [-0.15, -0.1) is 0 Å². The molecule has 2 aliphatic rings. The molecule has 110 valence electrons. The molecule has 1 aliphatic carbocycles. The lowest BCUT2D eigenvalue weighted by atomic mass is 9.75. The zero-order valence-electron chi connectivity index (χ0n) is 12.8. The van der Waals surface area contributed by atoms with Gasteiger partial charge in [0.15, 0.2) is 0 Å². The summed E-state index contributed by atoms with van der Waals surface area (Å²) in [5.74, 6) is 1.80. The molecule has 0 aromatic carbocycles. The first-order valence-electron chi connectivity index (χ1n) is 7.92. The van der Waals surface area contributed by atoms with Crippen molar-refractivity contribution in [3.05, 3.63) is 0 Å². The summed E-state index contributed by atoms with van der Waals surface area (Å²) in [4.78, 5) is 14.7. The number of carbonyl (C=O) groups is 1. The van der Waals surface area contributed by atoms with Gasteiger partial charge in [-0.1, -0.05) is 27.2 Å². The first-order valence-corrected chi connectivity index (χ1v) is 7.92. The summed E-state index contributed by atoms with van der Waals surface area (Å²) in [6.45, 7) is 9.53. The molecule has 2 rings (SSSR count). The van der Waals surface area contributed by atoms with Crippen molar-refractivity contribution in [1.82, 2.24) is 4.90 Å². The molecular weight excluding hydrogens is 236 g/mol. The third kappa shape index (κ3) is 3.31. The van der Waals surface area contributed by atoms with Crippen LogP contribution in [-0.2, 0) is 4.79 Å². The maximum atomic E-state index is 12.6. The fourth-order valence-corrected chi connectivity index (χ4v) is 3.84. The fraction of sp³-hybridized carbons (Fsp3) is 0.938. The van der Waals surface area contributed by atoms with Gasteiger partial charge in [0.2, 0.25) is 5.91 Å². The first-order chi connectivity index (χ1) is 8.93. The zero-order valence-corrected chi connectivity index (χ0v) is 12.8. The van der Waals surface area contributed by atoms with Gasteiger partial charge in [-0.05, 0) is 49.5 Å². The van der Waals surface area contributed by atoms with E-state index in [4.69, 9.17) is 5.73 Å². The van der Waals surface area contributed by atoms with Gasteiger partial charge in [-0.25, -0.2) is 0 Å². The van der Waals surface area contributed by atoms with Gasteiger partial charge in [0.25, 0.3) is 0 Å². The van der Waals surface area contributed by atoms with E-state index in [1.54, 1.807) is 0 Å². The molecule has 2 fully saturated rings. The SMILES string of the molecule is CC(C)(C)C1CCN(C(=O)C2CCCC2CN)CC1. The minimum atomic E-state index is 0.219. The smallest absolute Gasteiger partial charge is 0.226 e. The molecular formula is C16H30N2O. The Morgan fingerprint density at radius 2 is 1.79 bits per heavy atom. The van der Waals surface area contributed by atoms with Crippen LogP contribution in [0.1, 0.15) is 52.9 Å². The van der Waals surface area contributed by atoms with E-state index in [2.05, 4.69) is 25.7 Å². The predicted molar refractivity (Wildman–Crippen MR) is 78.6 cm³/mol. The van der Waals surface area contributed by atoms with E-state index in [9.17, 15) is 4.79 Å². The van der Waals surface area contributed by atoms with E-state index in [1.165, 1.54) is 6.42 Å². The highest BCUT2D eigenvalue weighted by Gasteiger charge is 2.37. The van der Waals surface area contributed by atoms with Crippen LogP contribution in [0.4, 0.5) is 0 Å². The third-order valence-electron chi connectivity index (χ3n) is 5.31. The third-order valence-corrected chi connectivity index (χ3v) is 5.31. The maximum absolute atomic E-state index is 12.6. The number of hydrogen-bond acceptors (Lipinski definition) is 2. The molecule has 19 heavy (non-hydrogen) atoms. The number of nitrogens with two attached hydrogens (primary N) is 1. The average molecular weight is 266 g/mol. The van der Waals surface area contributed by atoms with E-state index in [-0.39, 0.29) is 5.92 Å². The monoisotopic (exact) mass is 266 g/mol.